The van der Waals surface area contributed by atoms with Crippen molar-refractivity contribution >= 4 is 34.5 Å². The van der Waals surface area contributed by atoms with Crippen molar-refractivity contribution in [1.82, 2.24) is 9.55 Å². The highest BCUT2D eigenvalue weighted by Crippen LogP contribution is 2.43. The molecule has 2 aliphatic rings. The second-order valence-corrected chi connectivity index (χ2v) is 10.7. The van der Waals surface area contributed by atoms with Crippen LogP contribution in [0.5, 0.6) is 0 Å². The molecular weight excluding hydrogens is 431 g/mol. The van der Waals surface area contributed by atoms with E-state index in [1.807, 2.05) is 12.3 Å². The molecule has 3 heterocycles. The summed E-state index contributed by atoms with van der Waals surface area (Å²) in [4.78, 5) is 4.80. The van der Waals surface area contributed by atoms with Crippen LogP contribution in [0.1, 0.15) is 38.8 Å². The van der Waals surface area contributed by atoms with Gasteiger partial charge < -0.3 is 9.31 Å². The summed E-state index contributed by atoms with van der Waals surface area (Å²) < 4.78 is 15.3. The Bertz CT molecular complexity index is 1580. The Kier molecular flexibility index (Phi) is 4.22. The summed E-state index contributed by atoms with van der Waals surface area (Å²) >= 11 is 0. The maximum absolute atomic E-state index is 6.47. The van der Waals surface area contributed by atoms with Crippen molar-refractivity contribution in [2.24, 2.45) is 0 Å². The van der Waals surface area contributed by atoms with E-state index < -0.39 is 0 Å². The van der Waals surface area contributed by atoms with Gasteiger partial charge in [0.15, 0.2) is 0 Å². The van der Waals surface area contributed by atoms with E-state index in [4.69, 9.17) is 14.3 Å². The Morgan fingerprint density at radius 2 is 1.54 bits per heavy atom. The molecular formula is C30H27BN2O2. The van der Waals surface area contributed by atoms with E-state index in [-0.39, 0.29) is 18.3 Å². The largest absolute Gasteiger partial charge is 0.495 e. The number of rotatable bonds is 2. The summed E-state index contributed by atoms with van der Waals surface area (Å²) in [5.41, 5.74) is 8.84. The monoisotopic (exact) mass is 458 g/mol. The molecule has 1 aliphatic heterocycles. The van der Waals surface area contributed by atoms with E-state index in [0.717, 1.165) is 17.5 Å². The average Bonchev–Trinajstić information content (AvgIpc) is 3.46. The molecule has 1 aliphatic carbocycles. The lowest BCUT2D eigenvalue weighted by Crippen LogP contribution is -2.41. The number of fused-ring (bicyclic) bond motifs is 6. The number of aromatic nitrogens is 2. The maximum Gasteiger partial charge on any atom is 0.495 e. The highest BCUT2D eigenvalue weighted by molar-refractivity contribution is 6.64. The molecule has 35 heavy (non-hydrogen) atoms. The van der Waals surface area contributed by atoms with Crippen LogP contribution in [0.15, 0.2) is 79.0 Å². The second kappa shape index (κ2) is 7.06. The molecule has 5 aromatic rings. The lowest BCUT2D eigenvalue weighted by atomic mass is 9.74. The first-order chi connectivity index (χ1) is 16.9. The normalized spacial score (nSPS) is 17.8. The molecule has 0 spiro atoms. The minimum absolute atomic E-state index is 0.377. The van der Waals surface area contributed by atoms with Gasteiger partial charge in [-0.3, -0.25) is 4.57 Å². The first-order valence-electron chi connectivity index (χ1n) is 12.3. The third-order valence-corrected chi connectivity index (χ3v) is 8.15. The van der Waals surface area contributed by atoms with Crippen LogP contribution in [0.2, 0.25) is 0 Å². The van der Waals surface area contributed by atoms with Crippen molar-refractivity contribution in [3.63, 3.8) is 0 Å². The fourth-order valence-corrected chi connectivity index (χ4v) is 5.70. The van der Waals surface area contributed by atoms with Gasteiger partial charge in [-0.1, -0.05) is 48.5 Å². The van der Waals surface area contributed by atoms with Gasteiger partial charge in [-0.2, -0.15) is 0 Å². The summed E-state index contributed by atoms with van der Waals surface area (Å²) in [5.74, 6) is 0. The van der Waals surface area contributed by atoms with Gasteiger partial charge in [-0.15, -0.1) is 0 Å². The Hall–Kier alpha value is -3.41. The Labute approximate surface area is 205 Å². The van der Waals surface area contributed by atoms with E-state index >= 15 is 0 Å². The van der Waals surface area contributed by atoms with Crippen molar-refractivity contribution in [3.8, 4) is 16.8 Å². The number of benzene rings is 3. The number of para-hydroxylation sites is 1. The van der Waals surface area contributed by atoms with Crippen LogP contribution in [0, 0.1) is 0 Å². The van der Waals surface area contributed by atoms with Gasteiger partial charge in [-0.25, -0.2) is 4.98 Å². The SMILES string of the molecule is CC1(C)OB(c2cccc3c2-c2cccc(-n4c5ccccc5c5cccnc54)c2C3)OC1(C)C. The van der Waals surface area contributed by atoms with Crippen molar-refractivity contribution in [2.45, 2.75) is 45.3 Å². The van der Waals surface area contributed by atoms with Gasteiger partial charge in [-0.05, 0) is 79.7 Å². The summed E-state index contributed by atoms with van der Waals surface area (Å²) in [6, 6.07) is 25.9. The van der Waals surface area contributed by atoms with E-state index in [2.05, 4.69) is 99.0 Å². The summed E-state index contributed by atoms with van der Waals surface area (Å²) in [6.45, 7) is 8.43. The van der Waals surface area contributed by atoms with Crippen LogP contribution in [-0.4, -0.2) is 27.9 Å². The van der Waals surface area contributed by atoms with E-state index in [9.17, 15) is 0 Å². The zero-order valence-electron chi connectivity index (χ0n) is 20.5. The molecule has 0 radical (unpaired) electrons. The van der Waals surface area contributed by atoms with E-state index in [1.54, 1.807) is 0 Å². The molecule has 0 unspecified atom stereocenters. The predicted molar refractivity (Wildman–Crippen MR) is 143 cm³/mol. The van der Waals surface area contributed by atoms with Crippen molar-refractivity contribution in [3.05, 3.63) is 90.1 Å². The number of hydrogen-bond acceptors (Lipinski definition) is 3. The molecule has 1 fully saturated rings. The van der Waals surface area contributed by atoms with Crippen LogP contribution in [0.3, 0.4) is 0 Å². The summed E-state index contributed by atoms with van der Waals surface area (Å²) in [5, 5.41) is 2.40. The summed E-state index contributed by atoms with van der Waals surface area (Å²) in [7, 11) is -0.389. The van der Waals surface area contributed by atoms with Crippen LogP contribution in [-0.2, 0) is 15.7 Å². The zero-order valence-corrected chi connectivity index (χ0v) is 20.5. The van der Waals surface area contributed by atoms with Crippen molar-refractivity contribution < 1.29 is 9.31 Å². The van der Waals surface area contributed by atoms with Crippen LogP contribution >= 0.6 is 0 Å². The number of pyridine rings is 1. The molecule has 0 bridgehead atoms. The summed E-state index contributed by atoms with van der Waals surface area (Å²) in [6.07, 6.45) is 2.75. The molecule has 0 atom stereocenters. The average molecular weight is 458 g/mol. The van der Waals surface area contributed by atoms with Crippen molar-refractivity contribution in [1.29, 1.82) is 0 Å². The minimum Gasteiger partial charge on any atom is -0.399 e. The highest BCUT2D eigenvalue weighted by atomic mass is 16.7. The topological polar surface area (TPSA) is 36.3 Å². The lowest BCUT2D eigenvalue weighted by Gasteiger charge is -2.32. The number of nitrogens with zero attached hydrogens (tertiary/aromatic N) is 2. The first kappa shape index (κ1) is 20.9. The molecule has 0 amide bonds. The third-order valence-electron chi connectivity index (χ3n) is 8.15. The fraction of sp³-hybridized carbons (Fsp3) is 0.233. The molecule has 0 N–H and O–H groups in total. The highest BCUT2D eigenvalue weighted by Gasteiger charge is 2.52. The minimum atomic E-state index is -0.389. The lowest BCUT2D eigenvalue weighted by molar-refractivity contribution is 0.00578. The molecule has 4 nitrogen and oxygen atoms in total. The van der Waals surface area contributed by atoms with Crippen LogP contribution in [0.25, 0.3) is 38.8 Å². The first-order valence-corrected chi connectivity index (χ1v) is 12.3. The molecule has 5 heteroatoms. The van der Waals surface area contributed by atoms with Gasteiger partial charge in [0.25, 0.3) is 0 Å². The van der Waals surface area contributed by atoms with Gasteiger partial charge in [0, 0.05) is 23.4 Å². The fourth-order valence-electron chi connectivity index (χ4n) is 5.70. The second-order valence-electron chi connectivity index (χ2n) is 10.7. The van der Waals surface area contributed by atoms with Gasteiger partial charge in [0.05, 0.1) is 22.4 Å². The quantitative estimate of drug-likeness (QED) is 0.297. The molecule has 7 rings (SSSR count). The molecule has 172 valence electrons. The Morgan fingerprint density at radius 1 is 0.800 bits per heavy atom. The predicted octanol–water partition coefficient (Wildman–Crippen LogP) is 6.05. The molecule has 0 saturated carbocycles. The van der Waals surface area contributed by atoms with Crippen LogP contribution in [0.4, 0.5) is 0 Å². The van der Waals surface area contributed by atoms with Gasteiger partial charge in [0.1, 0.15) is 5.65 Å². The Balaban J connectivity index is 1.44. The third kappa shape index (κ3) is 2.86. The number of hydrogen-bond donors (Lipinski definition) is 0. The molecule has 2 aromatic heterocycles. The van der Waals surface area contributed by atoms with Crippen LogP contribution < -0.4 is 5.46 Å². The molecule has 1 saturated heterocycles. The van der Waals surface area contributed by atoms with E-state index in [1.165, 1.54) is 44.2 Å². The van der Waals surface area contributed by atoms with Gasteiger partial charge >= 0.3 is 7.12 Å². The smallest absolute Gasteiger partial charge is 0.399 e. The Morgan fingerprint density at radius 3 is 2.37 bits per heavy atom. The van der Waals surface area contributed by atoms with Gasteiger partial charge in [0.2, 0.25) is 0 Å². The van der Waals surface area contributed by atoms with E-state index in [0.29, 0.717) is 0 Å². The molecule has 3 aromatic carbocycles. The van der Waals surface area contributed by atoms with Crippen molar-refractivity contribution in [2.75, 3.05) is 0 Å². The zero-order chi connectivity index (χ0) is 23.9. The standard InChI is InChI=1S/C30H27BN2O2/c1-29(2)30(3,4)35-31(34-29)24-14-7-10-19-18-23-21(27(19)24)12-8-16-26(23)33-25-15-6-5-11-20(25)22-13-9-17-32-28(22)33/h5-17H,18H2,1-4H3. The maximum atomic E-state index is 6.47.